The van der Waals surface area contributed by atoms with Gasteiger partial charge in [-0.05, 0) is 19.4 Å². The molecule has 1 aromatic heterocycles. The van der Waals surface area contributed by atoms with Gasteiger partial charge in [0.05, 0.1) is 19.0 Å². The van der Waals surface area contributed by atoms with Crippen molar-refractivity contribution in [1.82, 2.24) is 14.3 Å². The van der Waals surface area contributed by atoms with E-state index in [1.165, 1.54) is 0 Å². The number of ether oxygens (including phenoxy) is 1. The smallest absolute Gasteiger partial charge is 0.227 e. The van der Waals surface area contributed by atoms with Crippen LogP contribution in [0.5, 0.6) is 0 Å². The molecule has 162 valence electrons. The van der Waals surface area contributed by atoms with Crippen molar-refractivity contribution >= 4 is 21.8 Å². The average molecular weight is 432 g/mol. The summed E-state index contributed by atoms with van der Waals surface area (Å²) in [6, 6.07) is 9.66. The molecule has 9 heteroatoms. The predicted molar refractivity (Wildman–Crippen MR) is 117 cm³/mol. The SMILES string of the molecule is Cc1cccc(CS(=O)(=O)N2CCN(c3cc(C)nc(N4CCOCC4)n3)CC2)c1. The first kappa shape index (κ1) is 21.0. The minimum Gasteiger partial charge on any atom is -0.378 e. The Labute approximate surface area is 178 Å². The van der Waals surface area contributed by atoms with Crippen LogP contribution in [0.25, 0.3) is 0 Å². The molecule has 0 spiro atoms. The fourth-order valence-corrected chi connectivity index (χ4v) is 5.41. The normalized spacial score (nSPS) is 18.6. The number of benzene rings is 1. The molecule has 8 nitrogen and oxygen atoms in total. The Bertz CT molecular complexity index is 984. The quantitative estimate of drug-likeness (QED) is 0.711. The standard InChI is InChI=1S/C21H29N5O3S/c1-17-4-3-5-19(14-17)16-30(27,28)26-8-6-24(7-9-26)20-15-18(2)22-21(23-20)25-10-12-29-13-11-25/h3-5,14-15H,6-13,16H2,1-2H3. The van der Waals surface area contributed by atoms with E-state index >= 15 is 0 Å². The fourth-order valence-electron chi connectivity index (χ4n) is 3.90. The van der Waals surface area contributed by atoms with Crippen molar-refractivity contribution in [1.29, 1.82) is 0 Å². The zero-order valence-electron chi connectivity index (χ0n) is 17.6. The summed E-state index contributed by atoms with van der Waals surface area (Å²) in [6.45, 7) is 9.05. The highest BCUT2D eigenvalue weighted by atomic mass is 32.2. The van der Waals surface area contributed by atoms with E-state index < -0.39 is 10.0 Å². The highest BCUT2D eigenvalue weighted by Crippen LogP contribution is 2.21. The highest BCUT2D eigenvalue weighted by Gasteiger charge is 2.28. The predicted octanol–water partition coefficient (Wildman–Crippen LogP) is 1.58. The molecule has 0 atom stereocenters. The van der Waals surface area contributed by atoms with Crippen molar-refractivity contribution in [3.05, 3.63) is 47.2 Å². The van der Waals surface area contributed by atoms with Crippen LogP contribution in [0.2, 0.25) is 0 Å². The minimum atomic E-state index is -3.34. The summed E-state index contributed by atoms with van der Waals surface area (Å²) in [5.41, 5.74) is 2.82. The van der Waals surface area contributed by atoms with Crippen LogP contribution in [0.15, 0.2) is 30.3 Å². The minimum absolute atomic E-state index is 0.0441. The van der Waals surface area contributed by atoms with Gasteiger partial charge in [0.25, 0.3) is 0 Å². The van der Waals surface area contributed by atoms with Gasteiger partial charge >= 0.3 is 0 Å². The third kappa shape index (κ3) is 4.91. The van der Waals surface area contributed by atoms with Crippen LogP contribution in [0.3, 0.4) is 0 Å². The number of hydrogen-bond donors (Lipinski definition) is 0. The summed E-state index contributed by atoms with van der Waals surface area (Å²) < 4.78 is 32.8. The number of anilines is 2. The van der Waals surface area contributed by atoms with Gasteiger partial charge in [0.15, 0.2) is 0 Å². The van der Waals surface area contributed by atoms with Gasteiger partial charge in [0, 0.05) is 51.0 Å². The van der Waals surface area contributed by atoms with Gasteiger partial charge in [-0.2, -0.15) is 9.29 Å². The lowest BCUT2D eigenvalue weighted by Crippen LogP contribution is -2.49. The molecular formula is C21H29N5O3S. The first-order chi connectivity index (χ1) is 14.4. The zero-order valence-corrected chi connectivity index (χ0v) is 18.4. The van der Waals surface area contributed by atoms with E-state index in [0.717, 1.165) is 41.7 Å². The van der Waals surface area contributed by atoms with Crippen LogP contribution in [0.4, 0.5) is 11.8 Å². The molecule has 0 bridgehead atoms. The molecule has 0 N–H and O–H groups in total. The zero-order chi connectivity index (χ0) is 21.1. The van der Waals surface area contributed by atoms with Gasteiger partial charge < -0.3 is 14.5 Å². The molecule has 1 aromatic carbocycles. The first-order valence-corrected chi connectivity index (χ1v) is 12.0. The van der Waals surface area contributed by atoms with Gasteiger partial charge in [-0.1, -0.05) is 29.8 Å². The van der Waals surface area contributed by atoms with Gasteiger partial charge in [0.2, 0.25) is 16.0 Å². The van der Waals surface area contributed by atoms with E-state index in [4.69, 9.17) is 9.72 Å². The third-order valence-electron chi connectivity index (χ3n) is 5.51. The van der Waals surface area contributed by atoms with Crippen LogP contribution < -0.4 is 9.80 Å². The van der Waals surface area contributed by atoms with Crippen LogP contribution in [0, 0.1) is 13.8 Å². The van der Waals surface area contributed by atoms with Crippen molar-refractivity contribution in [2.45, 2.75) is 19.6 Å². The Morgan fingerprint density at radius 3 is 2.37 bits per heavy atom. The molecule has 0 aliphatic carbocycles. The van der Waals surface area contributed by atoms with Crippen molar-refractivity contribution in [3.63, 3.8) is 0 Å². The van der Waals surface area contributed by atoms with E-state index in [9.17, 15) is 8.42 Å². The number of aromatic nitrogens is 2. The monoisotopic (exact) mass is 431 g/mol. The van der Waals surface area contributed by atoms with Crippen molar-refractivity contribution in [3.8, 4) is 0 Å². The number of hydrogen-bond acceptors (Lipinski definition) is 7. The van der Waals surface area contributed by atoms with Crippen LogP contribution in [-0.4, -0.2) is 75.2 Å². The second-order valence-corrected chi connectivity index (χ2v) is 9.87. The lowest BCUT2D eigenvalue weighted by atomic mass is 10.2. The van der Waals surface area contributed by atoms with Crippen molar-refractivity contribution < 1.29 is 13.2 Å². The average Bonchev–Trinajstić information content (AvgIpc) is 2.74. The van der Waals surface area contributed by atoms with Crippen LogP contribution in [0.1, 0.15) is 16.8 Å². The number of nitrogens with zero attached hydrogens (tertiary/aromatic N) is 5. The molecule has 3 heterocycles. The van der Waals surface area contributed by atoms with Crippen LogP contribution >= 0.6 is 0 Å². The molecule has 0 saturated carbocycles. The molecule has 0 unspecified atom stereocenters. The molecule has 2 aliphatic rings. The van der Waals surface area contributed by atoms with Gasteiger partial charge in [-0.25, -0.2) is 13.4 Å². The number of piperazine rings is 1. The molecule has 2 fully saturated rings. The Balaban J connectivity index is 1.42. The van der Waals surface area contributed by atoms with Gasteiger partial charge in [-0.15, -0.1) is 0 Å². The molecule has 2 aromatic rings. The first-order valence-electron chi connectivity index (χ1n) is 10.4. The van der Waals surface area contributed by atoms with Gasteiger partial charge in [0.1, 0.15) is 5.82 Å². The van der Waals surface area contributed by atoms with Crippen LogP contribution in [-0.2, 0) is 20.5 Å². The topological polar surface area (TPSA) is 78.9 Å². The molecule has 0 amide bonds. The molecule has 30 heavy (non-hydrogen) atoms. The fraction of sp³-hybridized carbons (Fsp3) is 0.524. The van der Waals surface area contributed by atoms with E-state index in [1.54, 1.807) is 4.31 Å². The number of morpholine rings is 1. The van der Waals surface area contributed by atoms with E-state index in [-0.39, 0.29) is 5.75 Å². The van der Waals surface area contributed by atoms with Crippen molar-refractivity contribution in [2.75, 3.05) is 62.3 Å². The third-order valence-corrected chi connectivity index (χ3v) is 7.36. The number of aryl methyl sites for hydroxylation is 2. The molecule has 2 saturated heterocycles. The Morgan fingerprint density at radius 2 is 1.67 bits per heavy atom. The van der Waals surface area contributed by atoms with E-state index in [0.29, 0.717) is 39.4 Å². The van der Waals surface area contributed by atoms with E-state index in [2.05, 4.69) is 14.8 Å². The molecule has 2 aliphatic heterocycles. The Morgan fingerprint density at radius 1 is 0.933 bits per heavy atom. The largest absolute Gasteiger partial charge is 0.378 e. The maximum atomic E-state index is 12.9. The summed E-state index contributed by atoms with van der Waals surface area (Å²) in [7, 11) is -3.34. The molecule has 0 radical (unpaired) electrons. The lowest BCUT2D eigenvalue weighted by Gasteiger charge is -2.35. The van der Waals surface area contributed by atoms with Gasteiger partial charge in [-0.3, -0.25) is 0 Å². The highest BCUT2D eigenvalue weighted by molar-refractivity contribution is 7.88. The van der Waals surface area contributed by atoms with Crippen molar-refractivity contribution in [2.24, 2.45) is 0 Å². The summed E-state index contributed by atoms with van der Waals surface area (Å²) in [6.07, 6.45) is 0. The molecular weight excluding hydrogens is 402 g/mol. The Kier molecular flexibility index (Phi) is 6.21. The summed E-state index contributed by atoms with van der Waals surface area (Å²) >= 11 is 0. The molecule has 4 rings (SSSR count). The second kappa shape index (κ2) is 8.87. The van der Waals surface area contributed by atoms with E-state index in [1.807, 2.05) is 44.2 Å². The number of rotatable bonds is 5. The Hall–Kier alpha value is -2.23. The second-order valence-electron chi connectivity index (χ2n) is 7.90. The maximum Gasteiger partial charge on any atom is 0.227 e. The summed E-state index contributed by atoms with van der Waals surface area (Å²) in [4.78, 5) is 13.6. The number of sulfonamides is 1. The lowest BCUT2D eigenvalue weighted by molar-refractivity contribution is 0.122. The maximum absolute atomic E-state index is 12.9. The summed E-state index contributed by atoms with van der Waals surface area (Å²) in [5, 5.41) is 0. The summed E-state index contributed by atoms with van der Waals surface area (Å²) in [5.74, 6) is 1.63.